The number of hydrogen-bond acceptors (Lipinski definition) is 5. The van der Waals surface area contributed by atoms with Crippen LogP contribution < -0.4 is 15.8 Å². The molecule has 10 heteroatoms. The Morgan fingerprint density at radius 1 is 1.32 bits per heavy atom. The topological polar surface area (TPSA) is 59.4 Å². The fourth-order valence-electron chi connectivity index (χ4n) is 2.51. The zero-order valence-corrected chi connectivity index (χ0v) is 11.7. The lowest BCUT2D eigenvalue weighted by Crippen LogP contribution is -2.48. The van der Waals surface area contributed by atoms with Crippen LogP contribution in [0.25, 0.3) is 0 Å². The summed E-state index contributed by atoms with van der Waals surface area (Å²) in [6.45, 7) is 1.53. The summed E-state index contributed by atoms with van der Waals surface area (Å²) in [5, 5.41) is 2.20. The summed E-state index contributed by atoms with van der Waals surface area (Å²) in [6, 6.07) is 0. The van der Waals surface area contributed by atoms with Gasteiger partial charge in [-0.1, -0.05) is 0 Å². The maximum absolute atomic E-state index is 14.2. The Morgan fingerprint density at radius 3 is 2.55 bits per heavy atom. The minimum absolute atomic E-state index is 0.238. The largest absolute Gasteiger partial charge is 0.412 e. The third-order valence-electron chi connectivity index (χ3n) is 3.90. The van der Waals surface area contributed by atoms with Crippen LogP contribution in [0.2, 0.25) is 0 Å². The van der Waals surface area contributed by atoms with Gasteiger partial charge in [-0.15, -0.1) is 0 Å². The van der Waals surface area contributed by atoms with Gasteiger partial charge in [0.15, 0.2) is 11.4 Å². The van der Waals surface area contributed by atoms with Gasteiger partial charge >= 0.3 is 6.18 Å². The molecule has 1 saturated heterocycles. The molecule has 0 unspecified atom stereocenters. The third-order valence-corrected chi connectivity index (χ3v) is 3.90. The highest BCUT2D eigenvalue weighted by molar-refractivity contribution is 5.48. The maximum Gasteiger partial charge on any atom is 0.412 e. The van der Waals surface area contributed by atoms with Crippen molar-refractivity contribution >= 4 is 11.8 Å². The van der Waals surface area contributed by atoms with E-state index in [0.29, 0.717) is 30.9 Å². The SMILES string of the molecule is C[C@@]1(C(F)(F)F)Cn2c(nc(N3CCOCC3)c(F)c2=O)N1. The van der Waals surface area contributed by atoms with Crippen LogP contribution in [-0.4, -0.2) is 47.6 Å². The molecule has 6 nitrogen and oxygen atoms in total. The lowest BCUT2D eigenvalue weighted by atomic mass is 10.0. The van der Waals surface area contributed by atoms with Gasteiger partial charge in [0.1, 0.15) is 0 Å². The first-order chi connectivity index (χ1) is 10.2. The van der Waals surface area contributed by atoms with Gasteiger partial charge in [-0.25, -0.2) is 0 Å². The molecule has 2 aliphatic heterocycles. The highest BCUT2D eigenvalue weighted by atomic mass is 19.4. The van der Waals surface area contributed by atoms with Gasteiger partial charge in [0.25, 0.3) is 5.56 Å². The number of morpholine rings is 1. The standard InChI is InChI=1S/C12H14F4N4O2/c1-11(12(14,15)16)6-20-9(21)7(13)8(17-10(20)18-11)19-2-4-22-5-3-19/h2-6H2,1H3,(H,17,18)/t11-/m0/s1. The molecule has 22 heavy (non-hydrogen) atoms. The minimum atomic E-state index is -4.59. The van der Waals surface area contributed by atoms with Crippen LogP contribution in [0, 0.1) is 5.82 Å². The van der Waals surface area contributed by atoms with E-state index in [2.05, 4.69) is 10.3 Å². The number of rotatable bonds is 1. The molecule has 0 saturated carbocycles. The Balaban J connectivity index is 2.02. The molecule has 0 spiro atoms. The van der Waals surface area contributed by atoms with Crippen LogP contribution in [0.5, 0.6) is 0 Å². The van der Waals surface area contributed by atoms with Crippen molar-refractivity contribution in [1.29, 1.82) is 0 Å². The molecule has 0 radical (unpaired) electrons. The van der Waals surface area contributed by atoms with Crippen molar-refractivity contribution in [3.05, 3.63) is 16.2 Å². The van der Waals surface area contributed by atoms with E-state index < -0.39 is 29.6 Å². The molecule has 1 aromatic heterocycles. The molecule has 0 aromatic carbocycles. The maximum atomic E-state index is 14.2. The molecular formula is C12H14F4N4O2. The number of alkyl halides is 3. The Kier molecular flexibility index (Phi) is 3.31. The number of anilines is 2. The molecule has 1 fully saturated rings. The highest BCUT2D eigenvalue weighted by Crippen LogP contribution is 2.38. The normalized spacial score (nSPS) is 25.0. The molecule has 3 rings (SSSR count). The molecule has 1 aromatic rings. The van der Waals surface area contributed by atoms with E-state index in [1.807, 2.05) is 0 Å². The van der Waals surface area contributed by atoms with E-state index in [0.717, 1.165) is 6.92 Å². The fourth-order valence-corrected chi connectivity index (χ4v) is 2.51. The van der Waals surface area contributed by atoms with Crippen molar-refractivity contribution in [2.24, 2.45) is 0 Å². The van der Waals surface area contributed by atoms with E-state index in [1.54, 1.807) is 0 Å². The number of nitrogens with one attached hydrogen (secondary N) is 1. The van der Waals surface area contributed by atoms with E-state index >= 15 is 0 Å². The van der Waals surface area contributed by atoms with Gasteiger partial charge in [0.05, 0.1) is 19.8 Å². The number of hydrogen-bond donors (Lipinski definition) is 1. The van der Waals surface area contributed by atoms with Crippen LogP contribution in [0.3, 0.4) is 0 Å². The Bertz CT molecular complexity index is 654. The summed E-state index contributed by atoms with van der Waals surface area (Å²) in [6.07, 6.45) is -4.59. The molecular weight excluding hydrogens is 308 g/mol. The van der Waals surface area contributed by atoms with Gasteiger partial charge in [0.2, 0.25) is 11.8 Å². The molecule has 3 heterocycles. The van der Waals surface area contributed by atoms with Crippen LogP contribution in [-0.2, 0) is 11.3 Å². The van der Waals surface area contributed by atoms with E-state index in [1.165, 1.54) is 4.90 Å². The molecule has 0 bridgehead atoms. The van der Waals surface area contributed by atoms with Gasteiger partial charge < -0.3 is 15.0 Å². The summed E-state index contributed by atoms with van der Waals surface area (Å²) < 4.78 is 59.2. The lowest BCUT2D eigenvalue weighted by molar-refractivity contribution is -0.174. The molecule has 1 N–H and O–H groups in total. The van der Waals surface area contributed by atoms with Crippen molar-refractivity contribution in [1.82, 2.24) is 9.55 Å². The number of halogens is 4. The zero-order chi connectivity index (χ0) is 16.1. The van der Waals surface area contributed by atoms with Crippen LogP contribution >= 0.6 is 0 Å². The molecule has 2 aliphatic rings. The van der Waals surface area contributed by atoms with Crippen molar-refractivity contribution in [3.8, 4) is 0 Å². The first-order valence-electron chi connectivity index (χ1n) is 6.71. The predicted octanol–water partition coefficient (Wildman–Crippen LogP) is 0.965. The minimum Gasteiger partial charge on any atom is -0.378 e. The van der Waals surface area contributed by atoms with E-state index in [-0.39, 0.29) is 11.8 Å². The van der Waals surface area contributed by atoms with E-state index in [4.69, 9.17) is 4.74 Å². The number of fused-ring (bicyclic) bond motifs is 1. The second-order valence-electron chi connectivity index (χ2n) is 5.52. The van der Waals surface area contributed by atoms with Gasteiger partial charge in [-0.2, -0.15) is 22.5 Å². The Morgan fingerprint density at radius 2 is 1.95 bits per heavy atom. The number of aromatic nitrogens is 2. The Labute approximate surface area is 122 Å². The predicted molar refractivity (Wildman–Crippen MR) is 69.6 cm³/mol. The second kappa shape index (κ2) is 4.83. The number of ether oxygens (including phenoxy) is 1. The molecule has 0 amide bonds. The first-order valence-corrected chi connectivity index (χ1v) is 6.71. The molecule has 1 atom stereocenters. The van der Waals surface area contributed by atoms with Gasteiger partial charge in [-0.05, 0) is 6.92 Å². The highest BCUT2D eigenvalue weighted by Gasteiger charge is 2.55. The zero-order valence-electron chi connectivity index (χ0n) is 11.7. The third kappa shape index (κ3) is 2.21. The summed E-state index contributed by atoms with van der Waals surface area (Å²) in [4.78, 5) is 17.4. The van der Waals surface area contributed by atoms with Crippen LogP contribution in [0.4, 0.5) is 29.3 Å². The van der Waals surface area contributed by atoms with Crippen molar-refractivity contribution in [2.75, 3.05) is 36.5 Å². The fraction of sp³-hybridized carbons (Fsp3) is 0.667. The van der Waals surface area contributed by atoms with Crippen molar-refractivity contribution in [2.45, 2.75) is 25.2 Å². The average molecular weight is 322 g/mol. The first kappa shape index (κ1) is 15.1. The summed E-state index contributed by atoms with van der Waals surface area (Å²) in [5.41, 5.74) is -3.45. The van der Waals surface area contributed by atoms with Crippen molar-refractivity contribution < 1.29 is 22.3 Å². The Hall–Kier alpha value is -1.84. The van der Waals surface area contributed by atoms with Crippen molar-refractivity contribution in [3.63, 3.8) is 0 Å². The van der Waals surface area contributed by atoms with Gasteiger partial charge in [0, 0.05) is 13.1 Å². The second-order valence-corrected chi connectivity index (χ2v) is 5.52. The lowest BCUT2D eigenvalue weighted by Gasteiger charge is -2.28. The van der Waals surface area contributed by atoms with Crippen LogP contribution in [0.1, 0.15) is 6.92 Å². The molecule has 122 valence electrons. The van der Waals surface area contributed by atoms with E-state index in [9.17, 15) is 22.4 Å². The van der Waals surface area contributed by atoms with Gasteiger partial charge in [-0.3, -0.25) is 9.36 Å². The summed E-state index contributed by atoms with van der Waals surface area (Å²) in [5.74, 6) is -1.65. The molecule has 0 aliphatic carbocycles. The number of nitrogens with zero attached hydrogens (tertiary/aromatic N) is 3. The summed E-state index contributed by atoms with van der Waals surface area (Å²) >= 11 is 0. The smallest absolute Gasteiger partial charge is 0.378 e. The van der Waals surface area contributed by atoms with Crippen LogP contribution in [0.15, 0.2) is 4.79 Å². The monoisotopic (exact) mass is 322 g/mol. The average Bonchev–Trinajstić information content (AvgIpc) is 2.82. The quantitative estimate of drug-likeness (QED) is 0.781. The summed E-state index contributed by atoms with van der Waals surface area (Å²) in [7, 11) is 0.